The highest BCUT2D eigenvalue weighted by Gasteiger charge is 2.52. The summed E-state index contributed by atoms with van der Waals surface area (Å²) in [5, 5.41) is 3.75. The van der Waals surface area contributed by atoms with E-state index >= 15 is 0 Å². The van der Waals surface area contributed by atoms with E-state index in [0.29, 0.717) is 43.8 Å². The maximum Gasteiger partial charge on any atom is 0.259 e. The number of hydrogen-bond acceptors (Lipinski definition) is 6. The predicted molar refractivity (Wildman–Crippen MR) is 90.7 cm³/mol. The Labute approximate surface area is 148 Å². The van der Waals surface area contributed by atoms with Gasteiger partial charge in [0.1, 0.15) is 11.8 Å². The summed E-state index contributed by atoms with van der Waals surface area (Å²) >= 11 is 0. The lowest BCUT2D eigenvalue weighted by molar-refractivity contribution is 0.0503. The third-order valence-corrected chi connectivity index (χ3v) is 6.82. The van der Waals surface area contributed by atoms with Crippen LogP contribution in [0.15, 0.2) is 10.8 Å². The van der Waals surface area contributed by atoms with Gasteiger partial charge in [-0.1, -0.05) is 5.16 Å². The van der Waals surface area contributed by atoms with Crippen LogP contribution >= 0.6 is 0 Å². The maximum absolute atomic E-state index is 12.6. The number of nitrogens with zero attached hydrogens (tertiary/aromatic N) is 3. The van der Waals surface area contributed by atoms with Gasteiger partial charge in [0, 0.05) is 31.8 Å². The number of hydrogen-bond donors (Lipinski definition) is 0. The molecule has 2 aliphatic rings. The summed E-state index contributed by atoms with van der Waals surface area (Å²) in [6.07, 6.45) is 5.50. The van der Waals surface area contributed by atoms with Crippen molar-refractivity contribution in [2.45, 2.75) is 44.2 Å². The van der Waals surface area contributed by atoms with Crippen LogP contribution in [0.4, 0.5) is 0 Å². The van der Waals surface area contributed by atoms with Gasteiger partial charge in [-0.05, 0) is 32.6 Å². The lowest BCUT2D eigenvalue weighted by atomic mass is 9.86. The van der Waals surface area contributed by atoms with Crippen LogP contribution in [0.1, 0.15) is 41.7 Å². The molecule has 0 radical (unpaired) electrons. The van der Waals surface area contributed by atoms with Crippen LogP contribution in [0.25, 0.3) is 0 Å². The molecule has 2 saturated heterocycles. The summed E-state index contributed by atoms with van der Waals surface area (Å²) in [4.78, 5) is 14.4. The monoisotopic (exact) mass is 371 g/mol. The second-order valence-corrected chi connectivity index (χ2v) is 8.90. The predicted octanol–water partition coefficient (Wildman–Crippen LogP) is 1.03. The minimum Gasteiger partial charge on any atom is -0.383 e. The molecule has 0 aliphatic carbocycles. The molecular formula is C16H25N3O5S. The van der Waals surface area contributed by atoms with Crippen molar-refractivity contribution in [2.24, 2.45) is 0 Å². The molecule has 25 heavy (non-hydrogen) atoms. The summed E-state index contributed by atoms with van der Waals surface area (Å²) in [5.74, 6) is -0.106. The molecule has 9 heteroatoms. The minimum atomic E-state index is -3.34. The van der Waals surface area contributed by atoms with Gasteiger partial charge in [-0.25, -0.2) is 8.42 Å². The molecule has 1 unspecified atom stereocenters. The van der Waals surface area contributed by atoms with Gasteiger partial charge in [0.05, 0.1) is 18.6 Å². The van der Waals surface area contributed by atoms with Crippen molar-refractivity contribution < 1.29 is 22.5 Å². The molecule has 1 atom stereocenters. The van der Waals surface area contributed by atoms with Crippen LogP contribution in [0.3, 0.4) is 0 Å². The maximum atomic E-state index is 12.6. The van der Waals surface area contributed by atoms with E-state index in [9.17, 15) is 13.2 Å². The number of likely N-dealkylation sites (tertiary alicyclic amines) is 1. The van der Waals surface area contributed by atoms with Crippen molar-refractivity contribution in [2.75, 3.05) is 33.1 Å². The Morgan fingerprint density at radius 2 is 2.08 bits per heavy atom. The Morgan fingerprint density at radius 3 is 2.60 bits per heavy atom. The molecule has 3 heterocycles. The van der Waals surface area contributed by atoms with Crippen LogP contribution in [-0.4, -0.2) is 73.3 Å². The third-order valence-electron chi connectivity index (χ3n) is 5.42. The highest BCUT2D eigenvalue weighted by molar-refractivity contribution is 7.88. The van der Waals surface area contributed by atoms with Gasteiger partial charge in [-0.15, -0.1) is 0 Å². The van der Waals surface area contributed by atoms with E-state index in [4.69, 9.17) is 9.26 Å². The second-order valence-electron chi connectivity index (χ2n) is 7.04. The highest BCUT2D eigenvalue weighted by Crippen LogP contribution is 2.43. The van der Waals surface area contributed by atoms with E-state index in [1.807, 2.05) is 0 Å². The number of ether oxygens (including phenoxy) is 1. The summed E-state index contributed by atoms with van der Waals surface area (Å²) < 4.78 is 36.5. The molecule has 0 saturated carbocycles. The van der Waals surface area contributed by atoms with Crippen LogP contribution in [0.5, 0.6) is 0 Å². The van der Waals surface area contributed by atoms with E-state index in [-0.39, 0.29) is 11.9 Å². The fourth-order valence-corrected chi connectivity index (χ4v) is 5.97. The topological polar surface area (TPSA) is 92.9 Å². The van der Waals surface area contributed by atoms with Gasteiger partial charge in [-0.3, -0.25) is 4.79 Å². The Hall–Kier alpha value is -1.45. The number of carbonyl (C=O) groups excluding carboxylic acids is 1. The number of sulfonamides is 1. The minimum absolute atomic E-state index is 0.106. The number of methoxy groups -OCH3 is 1. The zero-order valence-electron chi connectivity index (χ0n) is 14.9. The van der Waals surface area contributed by atoms with Gasteiger partial charge >= 0.3 is 0 Å². The molecule has 0 aromatic carbocycles. The molecule has 2 fully saturated rings. The van der Waals surface area contributed by atoms with Crippen molar-refractivity contribution in [3.8, 4) is 0 Å². The summed E-state index contributed by atoms with van der Waals surface area (Å²) in [5.41, 5.74) is 0.640. The second kappa shape index (κ2) is 6.69. The SMILES string of the molecule is COCC1CCC2(CCN(C(=O)c3conc3C)CC2)N1S(C)(=O)=O. The van der Waals surface area contributed by atoms with E-state index < -0.39 is 15.6 Å². The highest BCUT2D eigenvalue weighted by atomic mass is 32.2. The summed E-state index contributed by atoms with van der Waals surface area (Å²) in [7, 11) is -1.75. The van der Waals surface area contributed by atoms with E-state index in [0.717, 1.165) is 12.8 Å². The molecule has 3 rings (SSSR count). The Kier molecular flexibility index (Phi) is 4.91. The first-order chi connectivity index (χ1) is 11.8. The van der Waals surface area contributed by atoms with Crippen molar-refractivity contribution in [1.82, 2.24) is 14.4 Å². The first kappa shape index (κ1) is 18.3. The normalized spacial score (nSPS) is 24.1. The van der Waals surface area contributed by atoms with E-state index in [1.54, 1.807) is 23.2 Å². The molecule has 1 aromatic rings. The Bertz CT molecular complexity index is 737. The molecule has 0 N–H and O–H groups in total. The van der Waals surface area contributed by atoms with Gasteiger partial charge in [0.2, 0.25) is 10.0 Å². The van der Waals surface area contributed by atoms with Gasteiger partial charge in [0.25, 0.3) is 5.91 Å². The lowest BCUT2D eigenvalue weighted by Gasteiger charge is -2.45. The quantitative estimate of drug-likeness (QED) is 0.785. The number of piperidine rings is 1. The molecule has 140 valence electrons. The van der Waals surface area contributed by atoms with Crippen molar-refractivity contribution >= 4 is 15.9 Å². The molecule has 1 amide bonds. The smallest absolute Gasteiger partial charge is 0.259 e. The van der Waals surface area contributed by atoms with Crippen molar-refractivity contribution in [3.63, 3.8) is 0 Å². The van der Waals surface area contributed by atoms with E-state index in [2.05, 4.69) is 5.16 Å². The fourth-order valence-electron chi connectivity index (χ4n) is 4.28. The summed E-state index contributed by atoms with van der Waals surface area (Å²) in [6, 6.07) is -0.123. The number of aromatic nitrogens is 1. The Morgan fingerprint density at radius 1 is 1.40 bits per heavy atom. The lowest BCUT2D eigenvalue weighted by Crippen LogP contribution is -2.57. The van der Waals surface area contributed by atoms with Gasteiger partial charge in [0.15, 0.2) is 0 Å². The number of aryl methyl sites for hydroxylation is 1. The average molecular weight is 371 g/mol. The number of carbonyl (C=O) groups is 1. The van der Waals surface area contributed by atoms with Crippen LogP contribution in [0, 0.1) is 6.92 Å². The van der Waals surface area contributed by atoms with Gasteiger partial charge < -0.3 is 14.2 Å². The third kappa shape index (κ3) is 3.32. The van der Waals surface area contributed by atoms with Crippen molar-refractivity contribution in [1.29, 1.82) is 0 Å². The largest absolute Gasteiger partial charge is 0.383 e. The number of rotatable bonds is 4. The molecule has 2 aliphatic heterocycles. The molecule has 0 bridgehead atoms. The average Bonchev–Trinajstić information content (AvgIpc) is 3.12. The fraction of sp³-hybridized carbons (Fsp3) is 0.750. The molecule has 8 nitrogen and oxygen atoms in total. The zero-order valence-corrected chi connectivity index (χ0v) is 15.7. The van der Waals surface area contributed by atoms with Crippen LogP contribution < -0.4 is 0 Å². The standard InChI is InChI=1S/C16H25N3O5S/c1-12-14(11-24-17-12)15(20)18-8-6-16(7-9-18)5-4-13(10-23-2)19(16)25(3,21)22/h11,13H,4-10H2,1-3H3. The molecular weight excluding hydrogens is 346 g/mol. The Balaban J connectivity index is 1.76. The first-order valence-corrected chi connectivity index (χ1v) is 10.3. The molecule has 1 spiro atoms. The number of amides is 1. The van der Waals surface area contributed by atoms with Crippen LogP contribution in [0.2, 0.25) is 0 Å². The van der Waals surface area contributed by atoms with Crippen LogP contribution in [-0.2, 0) is 14.8 Å². The first-order valence-electron chi connectivity index (χ1n) is 8.47. The zero-order chi connectivity index (χ0) is 18.2. The summed E-state index contributed by atoms with van der Waals surface area (Å²) in [6.45, 7) is 3.18. The molecule has 1 aromatic heterocycles. The van der Waals surface area contributed by atoms with E-state index in [1.165, 1.54) is 12.5 Å². The van der Waals surface area contributed by atoms with Gasteiger partial charge in [-0.2, -0.15) is 4.31 Å². The van der Waals surface area contributed by atoms with Crippen molar-refractivity contribution in [3.05, 3.63) is 17.5 Å².